The molecule has 0 aliphatic carbocycles. The molecule has 1 fully saturated rings. The summed E-state index contributed by atoms with van der Waals surface area (Å²) in [5.74, 6) is -0.101. The zero-order valence-electron chi connectivity index (χ0n) is 12.6. The summed E-state index contributed by atoms with van der Waals surface area (Å²) >= 11 is 0. The summed E-state index contributed by atoms with van der Waals surface area (Å²) in [7, 11) is 0. The Morgan fingerprint density at radius 1 is 1.37 bits per heavy atom. The molecule has 0 radical (unpaired) electrons. The SMILES string of the molecule is CCC(C)(NC(=O)N1CC(C)CC(C)C1C)C(=O)O. The smallest absolute Gasteiger partial charge is 0.329 e. The first kappa shape index (κ1) is 15.8. The summed E-state index contributed by atoms with van der Waals surface area (Å²) in [4.78, 5) is 25.4. The number of carbonyl (C=O) groups is 2. The van der Waals surface area contributed by atoms with Crippen molar-refractivity contribution in [2.24, 2.45) is 11.8 Å². The zero-order chi connectivity index (χ0) is 14.8. The van der Waals surface area contributed by atoms with Crippen LogP contribution in [0.4, 0.5) is 4.79 Å². The van der Waals surface area contributed by atoms with E-state index in [0.29, 0.717) is 24.8 Å². The van der Waals surface area contributed by atoms with Crippen LogP contribution in [-0.4, -0.2) is 40.1 Å². The van der Waals surface area contributed by atoms with E-state index in [1.165, 1.54) is 0 Å². The summed E-state index contributed by atoms with van der Waals surface area (Å²) < 4.78 is 0. The minimum atomic E-state index is -1.19. The van der Waals surface area contributed by atoms with Gasteiger partial charge >= 0.3 is 12.0 Å². The van der Waals surface area contributed by atoms with Gasteiger partial charge in [0.2, 0.25) is 0 Å². The second-order valence-electron chi connectivity index (χ2n) is 6.13. The first-order chi connectivity index (χ1) is 8.71. The predicted molar refractivity (Wildman–Crippen MR) is 74.0 cm³/mol. The van der Waals surface area contributed by atoms with Crippen molar-refractivity contribution in [3.63, 3.8) is 0 Å². The second-order valence-corrected chi connectivity index (χ2v) is 6.13. The molecule has 1 heterocycles. The van der Waals surface area contributed by atoms with Gasteiger partial charge in [0.15, 0.2) is 0 Å². The molecule has 5 nitrogen and oxygen atoms in total. The minimum Gasteiger partial charge on any atom is -0.480 e. The maximum Gasteiger partial charge on any atom is 0.329 e. The number of piperidine rings is 1. The average Bonchev–Trinajstić information content (AvgIpc) is 2.33. The van der Waals surface area contributed by atoms with Gasteiger partial charge in [-0.3, -0.25) is 0 Å². The molecule has 110 valence electrons. The molecule has 0 aromatic rings. The molecule has 2 N–H and O–H groups in total. The van der Waals surface area contributed by atoms with Crippen LogP contribution in [0.3, 0.4) is 0 Å². The number of amides is 2. The number of nitrogens with one attached hydrogen (secondary N) is 1. The van der Waals surface area contributed by atoms with Crippen LogP contribution in [0, 0.1) is 11.8 Å². The maximum absolute atomic E-state index is 12.3. The molecule has 0 aromatic carbocycles. The fourth-order valence-corrected chi connectivity index (χ4v) is 2.58. The van der Waals surface area contributed by atoms with Gasteiger partial charge in [-0.25, -0.2) is 9.59 Å². The molecular formula is C14H26N2O3. The van der Waals surface area contributed by atoms with E-state index < -0.39 is 11.5 Å². The van der Waals surface area contributed by atoms with E-state index in [1.54, 1.807) is 18.7 Å². The third-order valence-corrected chi connectivity index (χ3v) is 4.42. The van der Waals surface area contributed by atoms with Crippen molar-refractivity contribution in [1.82, 2.24) is 10.2 Å². The molecule has 4 atom stereocenters. The second kappa shape index (κ2) is 5.80. The highest BCUT2D eigenvalue weighted by Crippen LogP contribution is 2.27. The van der Waals surface area contributed by atoms with Crippen molar-refractivity contribution >= 4 is 12.0 Å². The van der Waals surface area contributed by atoms with Gasteiger partial charge in [-0.2, -0.15) is 0 Å². The van der Waals surface area contributed by atoms with Crippen LogP contribution in [0.1, 0.15) is 47.5 Å². The van der Waals surface area contributed by atoms with Gasteiger partial charge in [0.25, 0.3) is 0 Å². The molecule has 1 aliphatic heterocycles. The summed E-state index contributed by atoms with van der Waals surface area (Å²) in [5.41, 5.74) is -1.19. The largest absolute Gasteiger partial charge is 0.480 e. The van der Waals surface area contributed by atoms with E-state index in [0.717, 1.165) is 6.42 Å². The lowest BCUT2D eigenvalue weighted by atomic mass is 9.86. The molecule has 19 heavy (non-hydrogen) atoms. The molecule has 5 heteroatoms. The van der Waals surface area contributed by atoms with Crippen molar-refractivity contribution in [3.05, 3.63) is 0 Å². The van der Waals surface area contributed by atoms with Crippen molar-refractivity contribution in [2.75, 3.05) is 6.54 Å². The topological polar surface area (TPSA) is 69.6 Å². The number of hydrogen-bond donors (Lipinski definition) is 2. The highest BCUT2D eigenvalue weighted by atomic mass is 16.4. The third-order valence-electron chi connectivity index (χ3n) is 4.42. The molecule has 4 unspecified atom stereocenters. The lowest BCUT2D eigenvalue weighted by Gasteiger charge is -2.42. The number of urea groups is 1. The lowest BCUT2D eigenvalue weighted by Crippen LogP contribution is -2.59. The third kappa shape index (κ3) is 3.39. The molecular weight excluding hydrogens is 244 g/mol. The first-order valence-electron chi connectivity index (χ1n) is 7.03. The van der Waals surface area contributed by atoms with E-state index in [4.69, 9.17) is 0 Å². The minimum absolute atomic E-state index is 0.145. The van der Waals surface area contributed by atoms with E-state index in [-0.39, 0.29) is 12.1 Å². The van der Waals surface area contributed by atoms with Crippen LogP contribution in [0.5, 0.6) is 0 Å². The lowest BCUT2D eigenvalue weighted by molar-refractivity contribution is -0.143. The number of carbonyl (C=O) groups excluding carboxylic acids is 1. The van der Waals surface area contributed by atoms with Crippen LogP contribution in [0.25, 0.3) is 0 Å². The van der Waals surface area contributed by atoms with Crippen LogP contribution in [-0.2, 0) is 4.79 Å². The van der Waals surface area contributed by atoms with E-state index >= 15 is 0 Å². The normalized spacial score (nSPS) is 30.6. The summed E-state index contributed by atoms with van der Waals surface area (Å²) in [6.45, 7) is 10.3. The Bertz CT molecular complexity index is 359. The van der Waals surface area contributed by atoms with Gasteiger partial charge in [-0.1, -0.05) is 20.8 Å². The number of carboxylic acid groups (broad SMARTS) is 1. The molecule has 1 aliphatic rings. The Morgan fingerprint density at radius 2 is 1.95 bits per heavy atom. The van der Waals surface area contributed by atoms with Crippen LogP contribution >= 0.6 is 0 Å². The monoisotopic (exact) mass is 270 g/mol. The van der Waals surface area contributed by atoms with Crippen molar-refractivity contribution in [1.29, 1.82) is 0 Å². The van der Waals surface area contributed by atoms with Gasteiger partial charge in [0.1, 0.15) is 5.54 Å². The Labute approximate surface area is 115 Å². The first-order valence-corrected chi connectivity index (χ1v) is 7.03. The summed E-state index contributed by atoms with van der Waals surface area (Å²) in [6, 6.07) is -0.122. The molecule has 1 rings (SSSR count). The Balaban J connectivity index is 2.79. The highest BCUT2D eigenvalue weighted by Gasteiger charge is 2.38. The van der Waals surface area contributed by atoms with Crippen LogP contribution in [0.15, 0.2) is 0 Å². The van der Waals surface area contributed by atoms with E-state index in [2.05, 4.69) is 19.2 Å². The van der Waals surface area contributed by atoms with Gasteiger partial charge in [-0.05, 0) is 38.5 Å². The van der Waals surface area contributed by atoms with Gasteiger partial charge in [-0.15, -0.1) is 0 Å². The standard InChI is InChI=1S/C14H26N2O3/c1-6-14(5,12(17)18)15-13(19)16-8-9(2)7-10(3)11(16)4/h9-11H,6-8H2,1-5H3,(H,15,19)(H,17,18). The zero-order valence-corrected chi connectivity index (χ0v) is 12.6. The van der Waals surface area contributed by atoms with Gasteiger partial charge in [0, 0.05) is 12.6 Å². The van der Waals surface area contributed by atoms with Gasteiger partial charge < -0.3 is 15.3 Å². The predicted octanol–water partition coefficient (Wildman–Crippen LogP) is 2.32. The summed E-state index contributed by atoms with van der Waals surface area (Å²) in [5, 5.41) is 11.9. The molecule has 0 bridgehead atoms. The average molecular weight is 270 g/mol. The number of aliphatic carboxylic acids is 1. The highest BCUT2D eigenvalue weighted by molar-refractivity contribution is 5.86. The Morgan fingerprint density at radius 3 is 2.42 bits per heavy atom. The molecule has 0 spiro atoms. The van der Waals surface area contributed by atoms with Crippen molar-refractivity contribution in [2.45, 2.75) is 59.0 Å². The number of carboxylic acids is 1. The number of hydrogen-bond acceptors (Lipinski definition) is 2. The molecule has 0 aromatic heterocycles. The van der Waals surface area contributed by atoms with Crippen LogP contribution < -0.4 is 5.32 Å². The molecule has 0 saturated carbocycles. The summed E-state index contributed by atoms with van der Waals surface area (Å²) in [6.07, 6.45) is 1.47. The maximum atomic E-state index is 12.3. The fourth-order valence-electron chi connectivity index (χ4n) is 2.58. The Hall–Kier alpha value is -1.26. The van der Waals surface area contributed by atoms with Crippen LogP contribution in [0.2, 0.25) is 0 Å². The van der Waals surface area contributed by atoms with E-state index in [1.807, 2.05) is 6.92 Å². The molecule has 2 amide bonds. The number of rotatable bonds is 3. The number of nitrogens with zero attached hydrogens (tertiary/aromatic N) is 1. The fraction of sp³-hybridized carbons (Fsp3) is 0.857. The molecule has 1 saturated heterocycles. The van der Waals surface area contributed by atoms with E-state index in [9.17, 15) is 14.7 Å². The van der Waals surface area contributed by atoms with Gasteiger partial charge in [0.05, 0.1) is 0 Å². The number of likely N-dealkylation sites (tertiary alicyclic amines) is 1. The van der Waals surface area contributed by atoms with Crippen molar-refractivity contribution in [3.8, 4) is 0 Å². The quantitative estimate of drug-likeness (QED) is 0.827. The Kier molecular flexibility index (Phi) is 4.82. The van der Waals surface area contributed by atoms with Crippen molar-refractivity contribution < 1.29 is 14.7 Å².